The zero-order valence-electron chi connectivity index (χ0n) is 20.1. The summed E-state index contributed by atoms with van der Waals surface area (Å²) in [5.41, 5.74) is 2.73. The molecule has 0 unspecified atom stereocenters. The number of urea groups is 1. The van der Waals surface area contributed by atoms with E-state index in [0.29, 0.717) is 0 Å². The number of piperidine rings is 2. The largest absolute Gasteiger partial charge is 0.324 e. The van der Waals surface area contributed by atoms with Crippen LogP contribution >= 0.6 is 0 Å². The maximum absolute atomic E-state index is 13.4. The molecule has 5 nitrogen and oxygen atoms in total. The lowest BCUT2D eigenvalue weighted by Gasteiger charge is -2.49. The molecule has 2 saturated heterocycles. The Morgan fingerprint density at radius 2 is 0.938 bits per heavy atom. The van der Waals surface area contributed by atoms with E-state index in [1.54, 1.807) is 0 Å². The van der Waals surface area contributed by atoms with E-state index in [2.05, 4.69) is 108 Å². The highest BCUT2D eigenvalue weighted by Crippen LogP contribution is 2.39. The third-order valence-electron chi connectivity index (χ3n) is 8.06. The van der Waals surface area contributed by atoms with Crippen LogP contribution in [0.3, 0.4) is 0 Å². The predicted molar refractivity (Wildman–Crippen MR) is 131 cm³/mol. The highest BCUT2D eigenvalue weighted by Gasteiger charge is 2.42. The fourth-order valence-electron chi connectivity index (χ4n) is 5.82. The van der Waals surface area contributed by atoms with Crippen LogP contribution in [0.5, 0.6) is 0 Å². The van der Waals surface area contributed by atoms with Gasteiger partial charge in [0, 0.05) is 37.3 Å². The number of nitrogens with zero attached hydrogens (tertiary/aromatic N) is 4. The molecular formula is C27H38N4O. The molecule has 2 aromatic rings. The maximum atomic E-state index is 13.4. The number of likely N-dealkylation sites (tertiary alicyclic amines) is 2. The van der Waals surface area contributed by atoms with Crippen LogP contribution in [-0.4, -0.2) is 80.0 Å². The molecule has 2 heterocycles. The molecule has 0 atom stereocenters. The van der Waals surface area contributed by atoms with Gasteiger partial charge in [0.2, 0.25) is 0 Å². The van der Waals surface area contributed by atoms with Gasteiger partial charge in [-0.2, -0.15) is 0 Å². The molecule has 2 aliphatic heterocycles. The number of carbonyl (C=O) groups is 1. The molecule has 0 radical (unpaired) electrons. The van der Waals surface area contributed by atoms with Gasteiger partial charge in [0.05, 0.1) is 0 Å². The Hall–Kier alpha value is -2.37. The van der Waals surface area contributed by atoms with Crippen molar-refractivity contribution >= 4 is 6.03 Å². The predicted octanol–water partition coefficient (Wildman–Crippen LogP) is 4.21. The summed E-state index contributed by atoms with van der Waals surface area (Å²) in [5.74, 6) is 0. The minimum absolute atomic E-state index is 0.00727. The van der Waals surface area contributed by atoms with E-state index in [0.717, 1.165) is 51.9 Å². The Morgan fingerprint density at radius 1 is 0.625 bits per heavy atom. The normalized spacial score (nSPS) is 20.6. The van der Waals surface area contributed by atoms with Crippen molar-refractivity contribution in [3.8, 4) is 0 Å². The number of rotatable bonds is 4. The first kappa shape index (κ1) is 22.8. The van der Waals surface area contributed by atoms with Crippen molar-refractivity contribution in [1.82, 2.24) is 19.6 Å². The number of benzene rings is 2. The van der Waals surface area contributed by atoms with Gasteiger partial charge in [-0.15, -0.1) is 0 Å². The Bertz CT molecular complexity index is 807. The van der Waals surface area contributed by atoms with Crippen molar-refractivity contribution < 1.29 is 4.79 Å². The lowest BCUT2D eigenvalue weighted by Crippen LogP contribution is -2.57. The van der Waals surface area contributed by atoms with Crippen LogP contribution in [0.2, 0.25) is 0 Å². The summed E-state index contributed by atoms with van der Waals surface area (Å²) in [6.07, 6.45) is 3.87. The zero-order valence-corrected chi connectivity index (χ0v) is 20.1. The molecule has 5 heteroatoms. The van der Waals surface area contributed by atoms with Gasteiger partial charge in [0.25, 0.3) is 0 Å². The average molecular weight is 435 g/mol. The number of hydrogen-bond donors (Lipinski definition) is 0. The Morgan fingerprint density at radius 3 is 1.22 bits per heavy atom. The van der Waals surface area contributed by atoms with Gasteiger partial charge in [-0.05, 0) is 65.0 Å². The van der Waals surface area contributed by atoms with Crippen LogP contribution in [0.4, 0.5) is 4.79 Å². The molecule has 4 rings (SSSR count). The van der Waals surface area contributed by atoms with Crippen LogP contribution in [0, 0.1) is 0 Å². The summed E-state index contributed by atoms with van der Waals surface area (Å²) in [6.45, 7) is 3.22. The molecule has 0 aromatic heterocycles. The molecule has 2 amide bonds. The van der Waals surface area contributed by atoms with E-state index in [1.165, 1.54) is 11.1 Å². The minimum Gasteiger partial charge on any atom is -0.324 e. The van der Waals surface area contributed by atoms with Crippen molar-refractivity contribution in [3.63, 3.8) is 0 Å². The molecule has 0 aliphatic carbocycles. The van der Waals surface area contributed by atoms with E-state index in [9.17, 15) is 4.79 Å². The zero-order chi connectivity index (χ0) is 22.8. The van der Waals surface area contributed by atoms with Crippen LogP contribution < -0.4 is 0 Å². The standard InChI is InChI=1S/C27H38N4O/c1-28(2)26(23-11-7-5-8-12-23)15-19-30(20-16-26)25(32)31-21-17-27(18-22-31,29(3)4)24-13-9-6-10-14-24/h5-14H,15-22H2,1-4H3. The summed E-state index contributed by atoms with van der Waals surface area (Å²) in [7, 11) is 8.66. The Balaban J connectivity index is 1.41. The van der Waals surface area contributed by atoms with Crippen molar-refractivity contribution in [2.24, 2.45) is 0 Å². The van der Waals surface area contributed by atoms with Crippen molar-refractivity contribution in [2.75, 3.05) is 54.4 Å². The summed E-state index contributed by atoms with van der Waals surface area (Å²) < 4.78 is 0. The lowest BCUT2D eigenvalue weighted by molar-refractivity contribution is 0.0361. The van der Waals surface area contributed by atoms with Crippen LogP contribution in [0.1, 0.15) is 36.8 Å². The number of hydrogen-bond acceptors (Lipinski definition) is 3. The second-order valence-corrected chi connectivity index (χ2v) is 9.84. The molecular weight excluding hydrogens is 396 g/mol. The first-order chi connectivity index (χ1) is 15.4. The average Bonchev–Trinajstić information content (AvgIpc) is 2.84. The molecule has 0 spiro atoms. The topological polar surface area (TPSA) is 30.0 Å². The van der Waals surface area contributed by atoms with Gasteiger partial charge in [0.1, 0.15) is 0 Å². The summed E-state index contributed by atoms with van der Waals surface area (Å²) >= 11 is 0. The van der Waals surface area contributed by atoms with Crippen molar-refractivity contribution in [2.45, 2.75) is 36.8 Å². The van der Waals surface area contributed by atoms with Gasteiger partial charge in [-0.25, -0.2) is 4.79 Å². The van der Waals surface area contributed by atoms with E-state index in [-0.39, 0.29) is 17.1 Å². The second-order valence-electron chi connectivity index (χ2n) is 9.84. The molecule has 172 valence electrons. The molecule has 2 fully saturated rings. The third-order valence-corrected chi connectivity index (χ3v) is 8.06. The van der Waals surface area contributed by atoms with Crippen molar-refractivity contribution in [1.29, 1.82) is 0 Å². The van der Waals surface area contributed by atoms with Gasteiger partial charge in [0.15, 0.2) is 0 Å². The molecule has 0 saturated carbocycles. The van der Waals surface area contributed by atoms with E-state index >= 15 is 0 Å². The first-order valence-electron chi connectivity index (χ1n) is 11.9. The fourth-order valence-corrected chi connectivity index (χ4v) is 5.82. The summed E-state index contributed by atoms with van der Waals surface area (Å²) in [4.78, 5) is 22.3. The lowest BCUT2D eigenvalue weighted by atomic mass is 9.79. The maximum Gasteiger partial charge on any atom is 0.320 e. The van der Waals surface area contributed by atoms with Gasteiger partial charge >= 0.3 is 6.03 Å². The highest BCUT2D eigenvalue weighted by atomic mass is 16.2. The van der Waals surface area contributed by atoms with Gasteiger partial charge in [-0.1, -0.05) is 60.7 Å². The molecule has 32 heavy (non-hydrogen) atoms. The third kappa shape index (κ3) is 4.04. The molecule has 0 N–H and O–H groups in total. The highest BCUT2D eigenvalue weighted by molar-refractivity contribution is 5.74. The number of carbonyl (C=O) groups excluding carboxylic acids is 1. The molecule has 2 aromatic carbocycles. The fraction of sp³-hybridized carbons (Fsp3) is 0.519. The van der Waals surface area contributed by atoms with Crippen LogP contribution in [-0.2, 0) is 11.1 Å². The van der Waals surface area contributed by atoms with Gasteiger partial charge < -0.3 is 9.80 Å². The summed E-state index contributed by atoms with van der Waals surface area (Å²) in [5, 5.41) is 0. The van der Waals surface area contributed by atoms with Crippen LogP contribution in [0.15, 0.2) is 60.7 Å². The smallest absolute Gasteiger partial charge is 0.320 e. The van der Waals surface area contributed by atoms with E-state index in [1.807, 2.05) is 0 Å². The van der Waals surface area contributed by atoms with E-state index < -0.39 is 0 Å². The van der Waals surface area contributed by atoms with E-state index in [4.69, 9.17) is 0 Å². The number of amides is 2. The molecule has 2 aliphatic rings. The quantitative estimate of drug-likeness (QED) is 0.722. The monoisotopic (exact) mass is 434 g/mol. The SMILES string of the molecule is CN(C)C1(c2ccccc2)CCN(C(=O)N2CCC(c3ccccc3)(N(C)C)CC2)CC1. The summed E-state index contributed by atoms with van der Waals surface area (Å²) in [6, 6.07) is 21.8. The first-order valence-corrected chi connectivity index (χ1v) is 11.9. The van der Waals surface area contributed by atoms with Crippen molar-refractivity contribution in [3.05, 3.63) is 71.8 Å². The molecule has 0 bridgehead atoms. The Kier molecular flexibility index (Phi) is 6.59. The van der Waals surface area contributed by atoms with Crippen LogP contribution in [0.25, 0.3) is 0 Å². The Labute approximate surface area is 193 Å². The second kappa shape index (κ2) is 9.24. The van der Waals surface area contributed by atoms with Gasteiger partial charge in [-0.3, -0.25) is 9.80 Å². The minimum atomic E-state index is 0.00727.